The van der Waals surface area contributed by atoms with Crippen LogP contribution in [-0.2, 0) is 13.0 Å². The number of pyridine rings is 1. The molecule has 0 unspecified atom stereocenters. The van der Waals surface area contributed by atoms with Crippen LogP contribution in [0.3, 0.4) is 0 Å². The number of hydrogen-bond donors (Lipinski definition) is 0. The van der Waals surface area contributed by atoms with Gasteiger partial charge in [-0.2, -0.15) is 10.2 Å². The maximum absolute atomic E-state index is 13.5. The summed E-state index contributed by atoms with van der Waals surface area (Å²) in [7, 11) is 0. The van der Waals surface area contributed by atoms with Gasteiger partial charge in [-0.3, -0.25) is 9.67 Å². The fourth-order valence-corrected chi connectivity index (χ4v) is 4.02. The third-order valence-electron chi connectivity index (χ3n) is 5.99. The second kappa shape index (κ2) is 8.46. The molecular formula is C24H25F2N7. The summed E-state index contributed by atoms with van der Waals surface area (Å²) in [6.07, 6.45) is 3.56. The number of nitrogens with zero attached hydrogens (tertiary/aromatic N) is 7. The summed E-state index contributed by atoms with van der Waals surface area (Å²) in [6, 6.07) is 7.12. The monoisotopic (exact) mass is 449 g/mol. The molecule has 170 valence electrons. The lowest BCUT2D eigenvalue weighted by atomic mass is 10.1. The molecule has 1 saturated carbocycles. The SMILES string of the molecule is Cc1ccc(-c2nn(CC3CC3)c(Cc3cc(-n4nc(C)cc4C(F)F)ncn3)c2C)cn1. The van der Waals surface area contributed by atoms with Crippen molar-refractivity contribution in [2.45, 2.75) is 53.0 Å². The highest BCUT2D eigenvalue weighted by Crippen LogP contribution is 2.33. The predicted molar refractivity (Wildman–Crippen MR) is 119 cm³/mol. The molecule has 4 aromatic rings. The minimum absolute atomic E-state index is 0.179. The van der Waals surface area contributed by atoms with Crippen molar-refractivity contribution >= 4 is 0 Å². The lowest BCUT2D eigenvalue weighted by Gasteiger charge is -2.10. The Morgan fingerprint density at radius 3 is 2.52 bits per heavy atom. The second-order valence-electron chi connectivity index (χ2n) is 8.70. The van der Waals surface area contributed by atoms with Crippen LogP contribution in [0, 0.1) is 26.7 Å². The van der Waals surface area contributed by atoms with Crippen LogP contribution in [0.5, 0.6) is 0 Å². The van der Waals surface area contributed by atoms with Gasteiger partial charge in [-0.1, -0.05) is 0 Å². The maximum Gasteiger partial charge on any atom is 0.280 e. The van der Waals surface area contributed by atoms with E-state index in [1.807, 2.05) is 25.3 Å². The van der Waals surface area contributed by atoms with Crippen molar-refractivity contribution in [3.8, 4) is 17.1 Å². The zero-order valence-corrected chi connectivity index (χ0v) is 18.8. The minimum atomic E-state index is -2.64. The Bertz CT molecular complexity index is 1290. The summed E-state index contributed by atoms with van der Waals surface area (Å²) in [5.41, 5.74) is 6.04. The molecule has 4 aromatic heterocycles. The van der Waals surface area contributed by atoms with Crippen molar-refractivity contribution < 1.29 is 8.78 Å². The summed E-state index contributed by atoms with van der Waals surface area (Å²) in [5.74, 6) is 0.978. The van der Waals surface area contributed by atoms with Crippen LogP contribution in [0.15, 0.2) is 36.8 Å². The fraction of sp³-hybridized carbons (Fsp3) is 0.375. The smallest absolute Gasteiger partial charge is 0.268 e. The number of aryl methyl sites for hydroxylation is 2. The van der Waals surface area contributed by atoms with E-state index >= 15 is 0 Å². The van der Waals surface area contributed by atoms with E-state index in [1.165, 1.54) is 29.9 Å². The molecule has 7 nitrogen and oxygen atoms in total. The van der Waals surface area contributed by atoms with Gasteiger partial charge in [-0.25, -0.2) is 23.4 Å². The Morgan fingerprint density at radius 2 is 1.82 bits per heavy atom. The molecule has 0 N–H and O–H groups in total. The first-order valence-electron chi connectivity index (χ1n) is 11.0. The van der Waals surface area contributed by atoms with Crippen LogP contribution in [0.2, 0.25) is 0 Å². The molecule has 5 rings (SSSR count). The van der Waals surface area contributed by atoms with Gasteiger partial charge in [0.1, 0.15) is 12.0 Å². The largest absolute Gasteiger partial charge is 0.280 e. The van der Waals surface area contributed by atoms with E-state index in [1.54, 1.807) is 13.0 Å². The quantitative estimate of drug-likeness (QED) is 0.406. The third kappa shape index (κ3) is 4.40. The van der Waals surface area contributed by atoms with Crippen LogP contribution < -0.4 is 0 Å². The first-order chi connectivity index (χ1) is 15.9. The Kier molecular flexibility index (Phi) is 5.47. The molecule has 33 heavy (non-hydrogen) atoms. The van der Waals surface area contributed by atoms with Gasteiger partial charge >= 0.3 is 0 Å². The average molecular weight is 450 g/mol. The molecule has 0 amide bonds. The second-order valence-corrected chi connectivity index (χ2v) is 8.70. The van der Waals surface area contributed by atoms with Gasteiger partial charge in [0.05, 0.1) is 17.1 Å². The molecule has 1 aliphatic carbocycles. The Morgan fingerprint density at radius 1 is 1.00 bits per heavy atom. The van der Waals surface area contributed by atoms with Crippen LogP contribution >= 0.6 is 0 Å². The van der Waals surface area contributed by atoms with Gasteiger partial charge in [0.25, 0.3) is 6.43 Å². The van der Waals surface area contributed by atoms with Crippen LogP contribution in [0.4, 0.5) is 8.78 Å². The van der Waals surface area contributed by atoms with E-state index in [9.17, 15) is 8.78 Å². The highest BCUT2D eigenvalue weighted by Gasteiger charge is 2.26. The van der Waals surface area contributed by atoms with E-state index in [-0.39, 0.29) is 5.69 Å². The number of rotatable bonds is 7. The van der Waals surface area contributed by atoms with Gasteiger partial charge in [-0.15, -0.1) is 0 Å². The molecule has 0 radical (unpaired) electrons. The first kappa shape index (κ1) is 21.4. The van der Waals surface area contributed by atoms with Crippen LogP contribution in [0.1, 0.15) is 53.3 Å². The summed E-state index contributed by atoms with van der Waals surface area (Å²) in [4.78, 5) is 13.0. The standard InChI is InChI=1S/C24H25F2N7/c1-14-4-7-18(11-27-14)23-16(3)20(32(31-23)12-17-5-6-17)9-19-10-22(29-13-28-19)33-21(24(25)26)8-15(2)30-33/h4,7-8,10-11,13,17,24H,5-6,9,12H2,1-3H3. The molecule has 0 spiro atoms. The van der Waals surface area contributed by atoms with Crippen LogP contribution in [0.25, 0.3) is 17.1 Å². The normalized spacial score (nSPS) is 13.8. The van der Waals surface area contributed by atoms with E-state index in [0.29, 0.717) is 23.9 Å². The highest BCUT2D eigenvalue weighted by molar-refractivity contribution is 5.63. The summed E-state index contributed by atoms with van der Waals surface area (Å²) >= 11 is 0. The molecule has 1 aliphatic rings. The average Bonchev–Trinajstić information content (AvgIpc) is 3.45. The van der Waals surface area contributed by atoms with Gasteiger partial charge in [0, 0.05) is 42.2 Å². The lowest BCUT2D eigenvalue weighted by Crippen LogP contribution is -2.10. The number of hydrogen-bond acceptors (Lipinski definition) is 5. The van der Waals surface area contributed by atoms with Gasteiger partial charge in [-0.05, 0) is 63.3 Å². The Hall–Kier alpha value is -3.49. The topological polar surface area (TPSA) is 74.3 Å². The minimum Gasteiger partial charge on any atom is -0.268 e. The van der Waals surface area contributed by atoms with Gasteiger partial charge < -0.3 is 0 Å². The van der Waals surface area contributed by atoms with Crippen molar-refractivity contribution in [3.63, 3.8) is 0 Å². The predicted octanol–water partition coefficient (Wildman–Crippen LogP) is 4.78. The zero-order chi connectivity index (χ0) is 23.1. The molecule has 4 heterocycles. The molecular weight excluding hydrogens is 424 g/mol. The molecule has 0 bridgehead atoms. The third-order valence-corrected chi connectivity index (χ3v) is 5.99. The lowest BCUT2D eigenvalue weighted by molar-refractivity contribution is 0.142. The maximum atomic E-state index is 13.5. The molecule has 0 atom stereocenters. The van der Waals surface area contributed by atoms with E-state index in [0.717, 1.165) is 40.4 Å². The van der Waals surface area contributed by atoms with Crippen molar-refractivity contribution in [2.24, 2.45) is 5.92 Å². The van der Waals surface area contributed by atoms with Crippen LogP contribution in [-0.4, -0.2) is 34.5 Å². The molecule has 0 saturated heterocycles. The fourth-order valence-electron chi connectivity index (χ4n) is 4.02. The molecule has 0 aromatic carbocycles. The van der Waals surface area contributed by atoms with Crippen molar-refractivity contribution in [1.82, 2.24) is 34.5 Å². The van der Waals surface area contributed by atoms with Gasteiger partial charge in [0.2, 0.25) is 0 Å². The number of halogens is 2. The Balaban J connectivity index is 1.51. The first-order valence-corrected chi connectivity index (χ1v) is 11.0. The number of alkyl halides is 2. The van der Waals surface area contributed by atoms with Crippen molar-refractivity contribution in [2.75, 3.05) is 0 Å². The zero-order valence-electron chi connectivity index (χ0n) is 18.8. The van der Waals surface area contributed by atoms with Gasteiger partial charge in [0.15, 0.2) is 5.82 Å². The summed E-state index contributed by atoms with van der Waals surface area (Å²) in [5, 5.41) is 9.13. The summed E-state index contributed by atoms with van der Waals surface area (Å²) in [6.45, 7) is 6.57. The molecule has 9 heteroatoms. The summed E-state index contributed by atoms with van der Waals surface area (Å²) < 4.78 is 30.2. The van der Waals surface area contributed by atoms with E-state index < -0.39 is 6.43 Å². The Labute approximate surface area is 190 Å². The highest BCUT2D eigenvalue weighted by atomic mass is 19.3. The number of aromatic nitrogens is 7. The molecule has 0 aliphatic heterocycles. The van der Waals surface area contributed by atoms with Crippen molar-refractivity contribution in [3.05, 3.63) is 70.8 Å². The molecule has 1 fully saturated rings. The van der Waals surface area contributed by atoms with E-state index in [2.05, 4.69) is 31.7 Å². The van der Waals surface area contributed by atoms with Crippen molar-refractivity contribution in [1.29, 1.82) is 0 Å². The van der Waals surface area contributed by atoms with E-state index in [4.69, 9.17) is 5.10 Å².